The predicted molar refractivity (Wildman–Crippen MR) is 95.0 cm³/mol. The highest BCUT2D eigenvalue weighted by Gasteiger charge is 2.54. The van der Waals surface area contributed by atoms with Gasteiger partial charge in [-0.2, -0.15) is 5.10 Å². The van der Waals surface area contributed by atoms with Crippen molar-refractivity contribution in [3.63, 3.8) is 0 Å². The molecule has 0 atom stereocenters. The van der Waals surface area contributed by atoms with Crippen molar-refractivity contribution in [1.82, 2.24) is 9.78 Å². The average Bonchev–Trinajstić information content (AvgIpc) is 3.01. The number of hydrogen-bond acceptors (Lipinski definition) is 3. The van der Waals surface area contributed by atoms with Gasteiger partial charge in [-0.3, -0.25) is 9.48 Å². The average molecular weight is 343 g/mol. The van der Waals surface area contributed by atoms with Gasteiger partial charge in [-0.1, -0.05) is 0 Å². The van der Waals surface area contributed by atoms with Gasteiger partial charge in [0.25, 0.3) is 0 Å². The zero-order chi connectivity index (χ0) is 16.9. The van der Waals surface area contributed by atoms with Crippen LogP contribution in [0.25, 0.3) is 0 Å². The number of rotatable bonds is 4. The number of carbonyl (C=O) groups excluding carboxylic acids is 1. The normalized spacial score (nSPS) is 37.4. The van der Waals surface area contributed by atoms with Crippen molar-refractivity contribution in [3.8, 4) is 0 Å². The standard InChI is InChI=1S/C20H29N3O2/c24-19(20-8-15-5-16(9-20)7-17(6-15)10-20)22-18-11-21-23(13-18)12-14-1-3-25-4-2-14/h11,13-17H,1-10,12H2,(H,22,24). The van der Waals surface area contributed by atoms with E-state index in [1.54, 1.807) is 0 Å². The van der Waals surface area contributed by atoms with Crippen molar-refractivity contribution in [2.24, 2.45) is 29.1 Å². The third-order valence-corrected chi connectivity index (χ3v) is 7.20. The Balaban J connectivity index is 1.24. The summed E-state index contributed by atoms with van der Waals surface area (Å²) in [4.78, 5) is 13.1. The summed E-state index contributed by atoms with van der Waals surface area (Å²) in [6, 6.07) is 0. The highest BCUT2D eigenvalue weighted by molar-refractivity contribution is 5.95. The molecule has 1 aromatic rings. The first kappa shape index (κ1) is 15.9. The van der Waals surface area contributed by atoms with Gasteiger partial charge in [-0.15, -0.1) is 0 Å². The molecule has 4 saturated carbocycles. The second-order valence-corrected chi connectivity index (χ2v) is 9.16. The van der Waals surface area contributed by atoms with Crippen molar-refractivity contribution in [2.45, 2.75) is 57.9 Å². The fourth-order valence-corrected chi connectivity index (χ4v) is 6.37. The lowest BCUT2D eigenvalue weighted by molar-refractivity contribution is -0.140. The van der Waals surface area contributed by atoms with Crippen molar-refractivity contribution in [2.75, 3.05) is 18.5 Å². The van der Waals surface area contributed by atoms with Crippen LogP contribution in [0.2, 0.25) is 0 Å². The molecule has 5 nitrogen and oxygen atoms in total. The molecule has 4 bridgehead atoms. The van der Waals surface area contributed by atoms with E-state index in [1.165, 1.54) is 19.3 Å². The molecule has 2 heterocycles. The summed E-state index contributed by atoms with van der Waals surface area (Å²) < 4.78 is 7.42. The van der Waals surface area contributed by atoms with Crippen LogP contribution >= 0.6 is 0 Å². The Morgan fingerprint density at radius 2 is 1.80 bits per heavy atom. The highest BCUT2D eigenvalue weighted by atomic mass is 16.5. The summed E-state index contributed by atoms with van der Waals surface area (Å²) in [6.07, 6.45) is 13.5. The highest BCUT2D eigenvalue weighted by Crippen LogP contribution is 2.60. The second-order valence-electron chi connectivity index (χ2n) is 9.16. The van der Waals surface area contributed by atoms with E-state index in [0.717, 1.165) is 75.3 Å². The van der Waals surface area contributed by atoms with Gasteiger partial charge in [0.05, 0.1) is 17.3 Å². The number of amides is 1. The van der Waals surface area contributed by atoms with Crippen LogP contribution in [0.3, 0.4) is 0 Å². The van der Waals surface area contributed by atoms with Crippen molar-refractivity contribution in [1.29, 1.82) is 0 Å². The van der Waals surface area contributed by atoms with Crippen molar-refractivity contribution in [3.05, 3.63) is 12.4 Å². The van der Waals surface area contributed by atoms with Gasteiger partial charge in [-0.25, -0.2) is 0 Å². The van der Waals surface area contributed by atoms with E-state index in [4.69, 9.17) is 4.74 Å². The fourth-order valence-electron chi connectivity index (χ4n) is 6.37. The van der Waals surface area contributed by atoms with E-state index in [1.807, 2.05) is 17.1 Å². The molecular formula is C20H29N3O2. The Kier molecular flexibility index (Phi) is 3.88. The monoisotopic (exact) mass is 343 g/mol. The molecule has 0 unspecified atom stereocenters. The minimum atomic E-state index is -0.0858. The van der Waals surface area contributed by atoms with Crippen molar-refractivity contribution >= 4 is 11.6 Å². The SMILES string of the molecule is O=C(Nc1cnn(CC2CCOCC2)c1)C12CC3CC(CC(C3)C1)C2. The van der Waals surface area contributed by atoms with E-state index < -0.39 is 0 Å². The zero-order valence-corrected chi connectivity index (χ0v) is 15.0. The summed E-state index contributed by atoms with van der Waals surface area (Å²) in [5.41, 5.74) is 0.783. The van der Waals surface area contributed by atoms with Gasteiger partial charge in [0.2, 0.25) is 5.91 Å². The molecule has 5 heteroatoms. The number of hydrogen-bond donors (Lipinski definition) is 1. The minimum Gasteiger partial charge on any atom is -0.381 e. The van der Waals surface area contributed by atoms with Crippen LogP contribution in [0, 0.1) is 29.1 Å². The fraction of sp³-hybridized carbons (Fsp3) is 0.800. The van der Waals surface area contributed by atoms with Gasteiger partial charge in [0.15, 0.2) is 0 Å². The summed E-state index contributed by atoms with van der Waals surface area (Å²) in [6.45, 7) is 2.65. The van der Waals surface area contributed by atoms with E-state index in [2.05, 4.69) is 10.4 Å². The molecule has 0 radical (unpaired) electrons. The van der Waals surface area contributed by atoms with Crippen LogP contribution in [0.4, 0.5) is 5.69 Å². The molecule has 136 valence electrons. The Labute approximate surface area is 149 Å². The Morgan fingerprint density at radius 3 is 2.44 bits per heavy atom. The van der Waals surface area contributed by atoms with Crippen LogP contribution in [-0.2, 0) is 16.1 Å². The van der Waals surface area contributed by atoms with Crippen LogP contribution in [0.5, 0.6) is 0 Å². The first-order valence-corrected chi connectivity index (χ1v) is 10.1. The predicted octanol–water partition coefficient (Wildman–Crippen LogP) is 3.46. The van der Waals surface area contributed by atoms with E-state index >= 15 is 0 Å². The molecule has 1 aliphatic heterocycles. The maximum atomic E-state index is 13.1. The minimum absolute atomic E-state index is 0.0858. The molecule has 1 N–H and O–H groups in total. The number of anilines is 1. The number of aromatic nitrogens is 2. The molecule has 4 aliphatic carbocycles. The van der Waals surface area contributed by atoms with E-state index in [9.17, 15) is 4.79 Å². The lowest BCUT2D eigenvalue weighted by atomic mass is 9.49. The third kappa shape index (κ3) is 3.01. The van der Waals surface area contributed by atoms with Crippen LogP contribution in [0.1, 0.15) is 51.4 Å². The maximum absolute atomic E-state index is 13.1. The van der Waals surface area contributed by atoms with Gasteiger partial charge in [0.1, 0.15) is 0 Å². The van der Waals surface area contributed by atoms with Gasteiger partial charge < -0.3 is 10.1 Å². The summed E-state index contributed by atoms with van der Waals surface area (Å²) in [5, 5.41) is 7.68. The number of nitrogens with zero attached hydrogens (tertiary/aromatic N) is 2. The molecule has 0 spiro atoms. The lowest BCUT2D eigenvalue weighted by Gasteiger charge is -2.55. The molecule has 1 amide bonds. The Morgan fingerprint density at radius 1 is 1.16 bits per heavy atom. The Hall–Kier alpha value is -1.36. The maximum Gasteiger partial charge on any atom is 0.230 e. The number of carbonyl (C=O) groups is 1. The van der Waals surface area contributed by atoms with Gasteiger partial charge in [0, 0.05) is 26.0 Å². The molecule has 5 aliphatic rings. The summed E-state index contributed by atoms with van der Waals surface area (Å²) in [7, 11) is 0. The molecule has 25 heavy (non-hydrogen) atoms. The molecule has 1 saturated heterocycles. The first-order valence-electron chi connectivity index (χ1n) is 10.1. The third-order valence-electron chi connectivity index (χ3n) is 7.20. The zero-order valence-electron chi connectivity index (χ0n) is 15.0. The summed E-state index contributed by atoms with van der Waals surface area (Å²) >= 11 is 0. The van der Waals surface area contributed by atoms with Gasteiger partial charge in [-0.05, 0) is 75.0 Å². The van der Waals surface area contributed by atoms with Gasteiger partial charge >= 0.3 is 0 Å². The molecule has 6 rings (SSSR count). The lowest BCUT2D eigenvalue weighted by Crippen LogP contribution is -2.51. The molecular weight excluding hydrogens is 314 g/mol. The molecule has 1 aromatic heterocycles. The topological polar surface area (TPSA) is 56.2 Å². The van der Waals surface area contributed by atoms with Crippen molar-refractivity contribution < 1.29 is 9.53 Å². The molecule has 5 fully saturated rings. The van der Waals surface area contributed by atoms with E-state index in [0.29, 0.717) is 5.92 Å². The molecule has 0 aromatic carbocycles. The van der Waals surface area contributed by atoms with Crippen LogP contribution < -0.4 is 5.32 Å². The Bertz CT molecular complexity index is 612. The quantitative estimate of drug-likeness (QED) is 0.911. The van der Waals surface area contributed by atoms with E-state index in [-0.39, 0.29) is 11.3 Å². The van der Waals surface area contributed by atoms with Crippen LogP contribution in [-0.4, -0.2) is 28.9 Å². The largest absolute Gasteiger partial charge is 0.381 e. The van der Waals surface area contributed by atoms with Crippen LogP contribution in [0.15, 0.2) is 12.4 Å². The first-order chi connectivity index (χ1) is 12.2. The second kappa shape index (κ2) is 6.11. The summed E-state index contributed by atoms with van der Waals surface area (Å²) in [5.74, 6) is 3.30. The smallest absolute Gasteiger partial charge is 0.230 e. The number of ether oxygens (including phenoxy) is 1. The number of nitrogens with one attached hydrogen (secondary N) is 1.